The van der Waals surface area contributed by atoms with E-state index in [2.05, 4.69) is 187 Å². The molecule has 6 aromatic carbocycles. The molecular formula is C57H63NO2S. The lowest BCUT2D eigenvalue weighted by Crippen LogP contribution is -2.16. The predicted octanol–water partition coefficient (Wildman–Crippen LogP) is 16.4. The molecule has 0 spiro atoms. The van der Waals surface area contributed by atoms with Crippen molar-refractivity contribution >= 4 is 11.3 Å². The van der Waals surface area contributed by atoms with Crippen molar-refractivity contribution < 1.29 is 10.2 Å². The highest BCUT2D eigenvalue weighted by Crippen LogP contribution is 2.48. The quantitative estimate of drug-likeness (QED) is 0.176. The van der Waals surface area contributed by atoms with Gasteiger partial charge in [0.15, 0.2) is 0 Å². The summed E-state index contributed by atoms with van der Waals surface area (Å²) in [6.07, 6.45) is 0. The number of hydrogen-bond donors (Lipinski definition) is 2. The summed E-state index contributed by atoms with van der Waals surface area (Å²) in [4.78, 5) is 5.30. The lowest BCUT2D eigenvalue weighted by molar-refractivity contribution is 0.478. The molecule has 0 saturated carbocycles. The maximum Gasteiger partial charge on any atom is 0.131 e. The molecule has 3 nitrogen and oxygen atoms in total. The van der Waals surface area contributed by atoms with Crippen LogP contribution in [0.1, 0.15) is 116 Å². The molecule has 0 unspecified atom stereocenters. The summed E-state index contributed by atoms with van der Waals surface area (Å²) in [5.74, 6) is 0.526. The summed E-state index contributed by atoms with van der Waals surface area (Å²) < 4.78 is 0. The molecule has 1 aromatic heterocycles. The maximum atomic E-state index is 12.2. The van der Waals surface area contributed by atoms with Gasteiger partial charge in [-0.15, -0.1) is 11.3 Å². The van der Waals surface area contributed by atoms with E-state index in [1.54, 1.807) is 11.3 Å². The summed E-state index contributed by atoms with van der Waals surface area (Å²) in [6.45, 7) is 31.1. The zero-order valence-corrected chi connectivity index (χ0v) is 39.5. The van der Waals surface area contributed by atoms with E-state index in [1.165, 1.54) is 22.3 Å². The summed E-state index contributed by atoms with van der Waals surface area (Å²) in [5, 5.41) is 27.5. The van der Waals surface area contributed by atoms with Crippen LogP contribution in [0.4, 0.5) is 0 Å². The normalized spacial score (nSPS) is 12.6. The van der Waals surface area contributed by atoms with Crippen LogP contribution in [0.25, 0.3) is 66.3 Å². The van der Waals surface area contributed by atoms with Gasteiger partial charge >= 0.3 is 0 Å². The number of aryl methyl sites for hydroxylation is 2. The average molecular weight is 826 g/mol. The van der Waals surface area contributed by atoms with Gasteiger partial charge in [-0.2, -0.15) is 0 Å². The average Bonchev–Trinajstić information content (AvgIpc) is 3.68. The van der Waals surface area contributed by atoms with E-state index in [1.807, 2.05) is 24.3 Å². The smallest absolute Gasteiger partial charge is 0.131 e. The maximum absolute atomic E-state index is 12.2. The molecule has 0 saturated heterocycles. The van der Waals surface area contributed by atoms with Gasteiger partial charge in [-0.1, -0.05) is 168 Å². The monoisotopic (exact) mass is 825 g/mol. The fourth-order valence-corrected chi connectivity index (χ4v) is 8.93. The van der Waals surface area contributed by atoms with Gasteiger partial charge in [0.1, 0.15) is 16.5 Å². The number of phenolic OH excluding ortho intramolecular Hbond substituents is 2. The Balaban J connectivity index is 1.33. The molecule has 61 heavy (non-hydrogen) atoms. The molecular weight excluding hydrogens is 763 g/mol. The van der Waals surface area contributed by atoms with Gasteiger partial charge in [-0.25, -0.2) is 4.98 Å². The van der Waals surface area contributed by atoms with E-state index in [0.29, 0.717) is 0 Å². The zero-order chi connectivity index (χ0) is 44.4. The van der Waals surface area contributed by atoms with Gasteiger partial charge in [0.05, 0.1) is 5.69 Å². The third-order valence-corrected chi connectivity index (χ3v) is 12.8. The standard InChI is InChI=1S/C57H63NO2S/c1-34-23-46(36-27-38(54(3,4)5)31-39(28-36)55(6,7)8)51(59)48(25-34)42-19-15-17-21-44(42)50-33-61-53(58-50)45-22-18-16-20-43(45)49-26-35(2)24-47(52(49)60)37-29-40(56(9,10)11)32-41(30-37)57(12,13)14/h15-33,59-60H,1-14H3. The minimum absolute atomic E-state index is 0.0549. The Kier molecular flexibility index (Phi) is 11.3. The minimum Gasteiger partial charge on any atom is -0.507 e. The van der Waals surface area contributed by atoms with Gasteiger partial charge in [0.2, 0.25) is 0 Å². The SMILES string of the molecule is Cc1cc(-c2cc(C(C)(C)C)cc(C(C)(C)C)c2)c(O)c(-c2ccccc2-c2csc(-c3ccccc3-c3cc(C)cc(-c4cc(C(C)(C)C)cc(C(C)(C)C)c4)c3O)n2)c1. The summed E-state index contributed by atoms with van der Waals surface area (Å²) in [7, 11) is 0. The van der Waals surface area contributed by atoms with Gasteiger partial charge in [0.25, 0.3) is 0 Å². The van der Waals surface area contributed by atoms with E-state index in [4.69, 9.17) is 4.98 Å². The number of thiazole rings is 1. The molecule has 4 heteroatoms. The molecule has 0 bridgehead atoms. The highest BCUT2D eigenvalue weighted by atomic mass is 32.1. The van der Waals surface area contributed by atoms with Gasteiger partial charge < -0.3 is 10.2 Å². The molecule has 0 fully saturated rings. The van der Waals surface area contributed by atoms with Crippen molar-refractivity contribution in [3.8, 4) is 77.8 Å². The first kappa shape index (κ1) is 43.6. The van der Waals surface area contributed by atoms with Crippen LogP contribution in [0.3, 0.4) is 0 Å². The molecule has 0 aliphatic heterocycles. The van der Waals surface area contributed by atoms with E-state index in [0.717, 1.165) is 77.5 Å². The number of hydrogen-bond acceptors (Lipinski definition) is 4. The molecule has 0 radical (unpaired) electrons. The van der Waals surface area contributed by atoms with Crippen LogP contribution < -0.4 is 0 Å². The largest absolute Gasteiger partial charge is 0.507 e. The number of rotatable bonds is 6. The summed E-state index contributed by atoms with van der Waals surface area (Å²) >= 11 is 1.59. The molecule has 0 atom stereocenters. The van der Waals surface area contributed by atoms with Gasteiger partial charge in [-0.05, 0) is 115 Å². The number of aromatic hydroxyl groups is 2. The van der Waals surface area contributed by atoms with E-state index in [9.17, 15) is 10.2 Å². The van der Waals surface area contributed by atoms with Crippen LogP contribution in [0.5, 0.6) is 11.5 Å². The van der Waals surface area contributed by atoms with Crippen LogP contribution in [0.15, 0.2) is 115 Å². The molecule has 7 aromatic rings. The van der Waals surface area contributed by atoms with Crippen molar-refractivity contribution in [2.24, 2.45) is 0 Å². The Morgan fingerprint density at radius 1 is 0.393 bits per heavy atom. The topological polar surface area (TPSA) is 53.4 Å². The van der Waals surface area contributed by atoms with E-state index >= 15 is 0 Å². The lowest BCUT2D eigenvalue weighted by atomic mass is 9.78. The second-order valence-electron chi connectivity index (χ2n) is 21.1. The van der Waals surface area contributed by atoms with Gasteiger partial charge in [-0.3, -0.25) is 0 Å². The van der Waals surface area contributed by atoms with Crippen LogP contribution in [-0.4, -0.2) is 15.2 Å². The number of phenols is 2. The van der Waals surface area contributed by atoms with Crippen LogP contribution in [0.2, 0.25) is 0 Å². The molecule has 0 amide bonds. The molecule has 7 rings (SSSR count). The molecule has 1 heterocycles. The molecule has 0 aliphatic rings. The fourth-order valence-electron chi connectivity index (χ4n) is 8.07. The fraction of sp³-hybridized carbons (Fsp3) is 0.316. The van der Waals surface area contributed by atoms with Crippen molar-refractivity contribution in [3.63, 3.8) is 0 Å². The Hall–Kier alpha value is -5.45. The Labute approximate surface area is 369 Å². The third-order valence-electron chi connectivity index (χ3n) is 11.9. The molecule has 0 aliphatic carbocycles. The third kappa shape index (κ3) is 8.98. The number of benzene rings is 6. The number of nitrogens with zero attached hydrogens (tertiary/aromatic N) is 1. The minimum atomic E-state index is -0.0552. The first-order valence-corrected chi connectivity index (χ1v) is 22.4. The van der Waals surface area contributed by atoms with Crippen LogP contribution in [0, 0.1) is 13.8 Å². The van der Waals surface area contributed by atoms with Crippen molar-refractivity contribution in [2.45, 2.75) is 119 Å². The highest BCUT2D eigenvalue weighted by molar-refractivity contribution is 7.13. The summed E-state index contributed by atoms with van der Waals surface area (Å²) in [5.41, 5.74) is 16.7. The Bertz CT molecular complexity index is 2520. The van der Waals surface area contributed by atoms with Crippen molar-refractivity contribution in [1.29, 1.82) is 0 Å². The first-order valence-electron chi connectivity index (χ1n) is 21.6. The lowest BCUT2D eigenvalue weighted by Gasteiger charge is -2.26. The summed E-state index contributed by atoms with van der Waals surface area (Å²) in [6, 6.07) is 38.5. The van der Waals surface area contributed by atoms with E-state index < -0.39 is 0 Å². The second kappa shape index (κ2) is 15.8. The molecule has 314 valence electrons. The van der Waals surface area contributed by atoms with Crippen LogP contribution >= 0.6 is 11.3 Å². The highest BCUT2D eigenvalue weighted by Gasteiger charge is 2.26. The van der Waals surface area contributed by atoms with Crippen molar-refractivity contribution in [3.05, 3.63) is 148 Å². The van der Waals surface area contributed by atoms with Gasteiger partial charge in [0, 0.05) is 38.8 Å². The Morgan fingerprint density at radius 3 is 1.10 bits per heavy atom. The number of aromatic nitrogens is 1. The zero-order valence-electron chi connectivity index (χ0n) is 38.7. The Morgan fingerprint density at radius 2 is 0.721 bits per heavy atom. The predicted molar refractivity (Wildman–Crippen MR) is 262 cm³/mol. The van der Waals surface area contributed by atoms with Crippen molar-refractivity contribution in [1.82, 2.24) is 4.98 Å². The van der Waals surface area contributed by atoms with Crippen LogP contribution in [-0.2, 0) is 21.7 Å². The second-order valence-corrected chi connectivity index (χ2v) is 22.0. The van der Waals surface area contributed by atoms with E-state index in [-0.39, 0.29) is 33.2 Å². The van der Waals surface area contributed by atoms with Crippen molar-refractivity contribution in [2.75, 3.05) is 0 Å². The first-order chi connectivity index (χ1) is 28.4. The molecule has 2 N–H and O–H groups in total.